The van der Waals surface area contributed by atoms with E-state index < -0.39 is 0 Å². The third-order valence-electron chi connectivity index (χ3n) is 2.18. The first-order valence-corrected chi connectivity index (χ1v) is 4.83. The monoisotopic (exact) mass is 191 g/mol. The van der Waals surface area contributed by atoms with Crippen LogP contribution >= 0.6 is 11.3 Å². The Bertz CT molecular complexity index is 473. The highest BCUT2D eigenvalue weighted by Gasteiger charge is 2.07. The van der Waals surface area contributed by atoms with Gasteiger partial charge in [0, 0.05) is 16.0 Å². The Kier molecular flexibility index (Phi) is 1.81. The zero-order valence-electron chi connectivity index (χ0n) is 7.20. The van der Waals surface area contributed by atoms with Crippen LogP contribution in [0, 0.1) is 6.92 Å². The largest absolute Gasteiger partial charge is 0.398 e. The van der Waals surface area contributed by atoms with Crippen LogP contribution in [0.15, 0.2) is 17.5 Å². The highest BCUT2D eigenvalue weighted by Crippen LogP contribution is 2.29. The molecule has 1 aromatic heterocycles. The molecule has 13 heavy (non-hydrogen) atoms. The number of aryl methyl sites for hydroxylation is 1. The maximum absolute atomic E-state index is 10.7. The first kappa shape index (κ1) is 8.26. The van der Waals surface area contributed by atoms with E-state index in [1.807, 2.05) is 24.4 Å². The van der Waals surface area contributed by atoms with Gasteiger partial charge in [-0.1, -0.05) is 0 Å². The molecule has 0 saturated heterocycles. The number of thiophene rings is 1. The van der Waals surface area contributed by atoms with Crippen LogP contribution in [0.3, 0.4) is 0 Å². The van der Waals surface area contributed by atoms with Gasteiger partial charge in [0.15, 0.2) is 6.29 Å². The van der Waals surface area contributed by atoms with Gasteiger partial charge in [0.2, 0.25) is 0 Å². The van der Waals surface area contributed by atoms with Crippen LogP contribution < -0.4 is 5.73 Å². The molecule has 0 amide bonds. The van der Waals surface area contributed by atoms with Crippen LogP contribution in [-0.2, 0) is 0 Å². The molecular formula is C10H9NOS. The van der Waals surface area contributed by atoms with E-state index in [1.165, 1.54) is 0 Å². The van der Waals surface area contributed by atoms with Crippen molar-refractivity contribution in [3.8, 4) is 0 Å². The van der Waals surface area contributed by atoms with Crippen LogP contribution in [0.4, 0.5) is 5.69 Å². The highest BCUT2D eigenvalue weighted by molar-refractivity contribution is 7.17. The third-order valence-corrected chi connectivity index (χ3v) is 3.23. The number of carbonyl (C=O) groups is 1. The van der Waals surface area contributed by atoms with Crippen molar-refractivity contribution < 1.29 is 4.79 Å². The van der Waals surface area contributed by atoms with Crippen molar-refractivity contribution in [2.75, 3.05) is 5.73 Å². The molecule has 2 aromatic rings. The molecular weight excluding hydrogens is 182 g/mol. The number of hydrogen-bond acceptors (Lipinski definition) is 3. The lowest BCUT2D eigenvalue weighted by Crippen LogP contribution is -1.95. The number of fused-ring (bicyclic) bond motifs is 1. The Balaban J connectivity index is 2.92. The lowest BCUT2D eigenvalue weighted by molar-refractivity contribution is 0.112. The van der Waals surface area contributed by atoms with E-state index in [4.69, 9.17) is 5.73 Å². The second-order valence-corrected chi connectivity index (χ2v) is 3.88. The average Bonchev–Trinajstić information content (AvgIpc) is 2.53. The molecule has 2 nitrogen and oxygen atoms in total. The Hall–Kier alpha value is -1.35. The van der Waals surface area contributed by atoms with E-state index >= 15 is 0 Å². The molecule has 1 heterocycles. The lowest BCUT2D eigenvalue weighted by Gasteiger charge is -2.03. The van der Waals surface area contributed by atoms with Crippen LogP contribution in [0.5, 0.6) is 0 Å². The molecule has 0 bridgehead atoms. The number of carbonyl (C=O) groups excluding carboxylic acids is 1. The van der Waals surface area contributed by atoms with Crippen LogP contribution in [0.25, 0.3) is 10.1 Å². The minimum atomic E-state index is 0.568. The zero-order valence-corrected chi connectivity index (χ0v) is 8.02. The SMILES string of the molecule is Cc1c(C=O)c(N)cc2ccsc12. The standard InChI is InChI=1S/C10H9NOS/c1-6-8(5-12)9(11)4-7-2-3-13-10(6)7/h2-5H,11H2,1H3. The van der Waals surface area contributed by atoms with Crippen molar-refractivity contribution in [1.29, 1.82) is 0 Å². The Morgan fingerprint density at radius 1 is 1.54 bits per heavy atom. The Morgan fingerprint density at radius 2 is 2.31 bits per heavy atom. The predicted molar refractivity (Wildman–Crippen MR) is 56.4 cm³/mol. The first-order valence-electron chi connectivity index (χ1n) is 3.95. The van der Waals surface area contributed by atoms with Gasteiger partial charge in [0.1, 0.15) is 0 Å². The fraction of sp³-hybridized carbons (Fsp3) is 0.100. The highest BCUT2D eigenvalue weighted by atomic mass is 32.1. The van der Waals surface area contributed by atoms with Gasteiger partial charge in [0.05, 0.1) is 0 Å². The Labute approximate surface area is 80.0 Å². The van der Waals surface area contributed by atoms with Crippen molar-refractivity contribution in [2.45, 2.75) is 6.92 Å². The predicted octanol–water partition coefficient (Wildman–Crippen LogP) is 2.60. The van der Waals surface area contributed by atoms with Gasteiger partial charge in [-0.2, -0.15) is 0 Å². The second-order valence-electron chi connectivity index (χ2n) is 2.96. The summed E-state index contributed by atoms with van der Waals surface area (Å²) in [5.41, 5.74) is 7.90. The minimum Gasteiger partial charge on any atom is -0.398 e. The number of rotatable bonds is 1. The molecule has 1 aromatic carbocycles. The van der Waals surface area contributed by atoms with Gasteiger partial charge >= 0.3 is 0 Å². The van der Waals surface area contributed by atoms with Gasteiger partial charge < -0.3 is 5.73 Å². The smallest absolute Gasteiger partial charge is 0.152 e. The van der Waals surface area contributed by atoms with E-state index in [1.54, 1.807) is 11.3 Å². The van der Waals surface area contributed by atoms with Gasteiger partial charge in [-0.05, 0) is 35.4 Å². The number of nitrogens with two attached hydrogens (primary N) is 1. The van der Waals surface area contributed by atoms with Gasteiger partial charge in [-0.25, -0.2) is 0 Å². The van der Waals surface area contributed by atoms with Crippen molar-refractivity contribution in [3.63, 3.8) is 0 Å². The maximum Gasteiger partial charge on any atom is 0.152 e. The molecule has 0 radical (unpaired) electrons. The molecule has 0 unspecified atom stereocenters. The minimum absolute atomic E-state index is 0.568. The Morgan fingerprint density at radius 3 is 3.00 bits per heavy atom. The van der Waals surface area contributed by atoms with Crippen molar-refractivity contribution >= 4 is 33.4 Å². The summed E-state index contributed by atoms with van der Waals surface area (Å²) in [5.74, 6) is 0. The third kappa shape index (κ3) is 1.12. The summed E-state index contributed by atoms with van der Waals surface area (Å²) in [5, 5.41) is 3.12. The average molecular weight is 191 g/mol. The van der Waals surface area contributed by atoms with E-state index in [0.717, 1.165) is 21.9 Å². The number of aldehydes is 1. The van der Waals surface area contributed by atoms with E-state index in [0.29, 0.717) is 11.3 Å². The van der Waals surface area contributed by atoms with Crippen LogP contribution in [0.2, 0.25) is 0 Å². The maximum atomic E-state index is 10.7. The number of anilines is 1. The summed E-state index contributed by atoms with van der Waals surface area (Å²) in [7, 11) is 0. The molecule has 2 N–H and O–H groups in total. The topological polar surface area (TPSA) is 43.1 Å². The normalized spacial score (nSPS) is 10.5. The van der Waals surface area contributed by atoms with E-state index in [2.05, 4.69) is 0 Å². The lowest BCUT2D eigenvalue weighted by atomic mass is 10.1. The molecule has 0 saturated carbocycles. The molecule has 0 fully saturated rings. The van der Waals surface area contributed by atoms with Gasteiger partial charge in [-0.15, -0.1) is 11.3 Å². The van der Waals surface area contributed by atoms with E-state index in [-0.39, 0.29) is 0 Å². The van der Waals surface area contributed by atoms with Gasteiger partial charge in [0.25, 0.3) is 0 Å². The summed E-state index contributed by atoms with van der Waals surface area (Å²) in [4.78, 5) is 10.7. The summed E-state index contributed by atoms with van der Waals surface area (Å²) in [6, 6.07) is 3.86. The molecule has 0 aliphatic rings. The fourth-order valence-corrected chi connectivity index (χ4v) is 2.38. The van der Waals surface area contributed by atoms with Crippen molar-refractivity contribution in [1.82, 2.24) is 0 Å². The second kappa shape index (κ2) is 2.85. The molecule has 66 valence electrons. The van der Waals surface area contributed by atoms with Crippen molar-refractivity contribution in [2.24, 2.45) is 0 Å². The molecule has 3 heteroatoms. The molecule has 0 aliphatic heterocycles. The first-order chi connectivity index (χ1) is 6.24. The van der Waals surface area contributed by atoms with E-state index in [9.17, 15) is 4.79 Å². The number of benzene rings is 1. The zero-order chi connectivity index (χ0) is 9.42. The molecule has 0 aliphatic carbocycles. The van der Waals surface area contributed by atoms with Crippen LogP contribution in [0.1, 0.15) is 15.9 Å². The van der Waals surface area contributed by atoms with Crippen molar-refractivity contribution in [3.05, 3.63) is 28.6 Å². The quantitative estimate of drug-likeness (QED) is 0.556. The molecule has 0 atom stereocenters. The molecule has 0 spiro atoms. The van der Waals surface area contributed by atoms with Gasteiger partial charge in [-0.3, -0.25) is 4.79 Å². The summed E-state index contributed by atoms with van der Waals surface area (Å²) in [6.45, 7) is 1.93. The number of hydrogen-bond donors (Lipinski definition) is 1. The van der Waals surface area contributed by atoms with Crippen LogP contribution in [-0.4, -0.2) is 6.29 Å². The summed E-state index contributed by atoms with van der Waals surface area (Å²) in [6.07, 6.45) is 0.823. The number of nitrogen functional groups attached to an aromatic ring is 1. The summed E-state index contributed by atoms with van der Waals surface area (Å²) >= 11 is 1.64. The molecule has 2 rings (SSSR count). The summed E-state index contributed by atoms with van der Waals surface area (Å²) < 4.78 is 1.15. The fourth-order valence-electron chi connectivity index (χ4n) is 1.48.